The molecule has 0 bridgehead atoms. The van der Waals surface area contributed by atoms with Crippen LogP contribution in [-0.2, 0) is 0 Å². The summed E-state index contributed by atoms with van der Waals surface area (Å²) in [5, 5.41) is 10.9. The van der Waals surface area contributed by atoms with E-state index in [1.165, 1.54) is 32.1 Å². The van der Waals surface area contributed by atoms with E-state index in [1.807, 2.05) is 18.2 Å². The van der Waals surface area contributed by atoms with Gasteiger partial charge < -0.3 is 5.11 Å². The second-order valence-corrected chi connectivity index (χ2v) is 6.24. The molecule has 1 saturated carbocycles. The number of benzene rings is 1. The lowest BCUT2D eigenvalue weighted by molar-refractivity contribution is 0.131. The minimum atomic E-state index is -0.418. The zero-order valence-corrected chi connectivity index (χ0v) is 12.2. The van der Waals surface area contributed by atoms with Crippen molar-refractivity contribution in [2.24, 2.45) is 5.92 Å². The lowest BCUT2D eigenvalue weighted by Crippen LogP contribution is -2.11. The molecule has 1 aromatic carbocycles. The fourth-order valence-electron chi connectivity index (χ4n) is 2.64. The first-order valence-corrected chi connectivity index (χ1v) is 7.47. The molecular formula is C14H18BrClO. The molecule has 1 nitrogen and oxygen atoms in total. The van der Waals surface area contributed by atoms with Gasteiger partial charge >= 0.3 is 0 Å². The molecule has 3 heteroatoms. The molecule has 2 rings (SSSR count). The number of aliphatic hydroxyl groups excluding tert-OH is 1. The molecule has 1 aliphatic carbocycles. The van der Waals surface area contributed by atoms with Crippen LogP contribution in [0.25, 0.3) is 0 Å². The molecule has 1 aliphatic rings. The highest BCUT2D eigenvalue weighted by molar-refractivity contribution is 9.10. The van der Waals surface area contributed by atoms with Crippen LogP contribution < -0.4 is 0 Å². The zero-order valence-electron chi connectivity index (χ0n) is 9.83. The third-order valence-corrected chi connectivity index (χ3v) is 4.42. The Kier molecular flexibility index (Phi) is 4.89. The van der Waals surface area contributed by atoms with E-state index in [9.17, 15) is 5.11 Å². The summed E-state index contributed by atoms with van der Waals surface area (Å²) in [4.78, 5) is 0. The summed E-state index contributed by atoms with van der Waals surface area (Å²) >= 11 is 9.53. The van der Waals surface area contributed by atoms with Crippen LogP contribution >= 0.6 is 27.5 Å². The second-order valence-electron chi connectivity index (χ2n) is 4.92. The second kappa shape index (κ2) is 6.21. The summed E-state index contributed by atoms with van der Waals surface area (Å²) in [6, 6.07) is 5.70. The van der Waals surface area contributed by atoms with Gasteiger partial charge in [-0.1, -0.05) is 65.7 Å². The van der Waals surface area contributed by atoms with E-state index in [0.29, 0.717) is 10.9 Å². The highest BCUT2D eigenvalue weighted by Gasteiger charge is 2.20. The Bertz CT molecular complexity index is 374. The quantitative estimate of drug-likeness (QED) is 0.821. The predicted octanol–water partition coefficient (Wildman–Crippen LogP) is 5.11. The highest BCUT2D eigenvalue weighted by Crippen LogP contribution is 2.34. The van der Waals surface area contributed by atoms with Crippen LogP contribution in [0.5, 0.6) is 0 Å². The predicted molar refractivity (Wildman–Crippen MR) is 75.3 cm³/mol. The van der Waals surface area contributed by atoms with Crippen molar-refractivity contribution in [2.45, 2.75) is 44.6 Å². The van der Waals surface area contributed by atoms with E-state index in [2.05, 4.69) is 15.9 Å². The van der Waals surface area contributed by atoms with E-state index < -0.39 is 6.10 Å². The van der Waals surface area contributed by atoms with Crippen LogP contribution in [0.3, 0.4) is 0 Å². The van der Waals surface area contributed by atoms with Gasteiger partial charge in [0.15, 0.2) is 0 Å². The van der Waals surface area contributed by atoms with Crippen molar-refractivity contribution >= 4 is 27.5 Å². The normalized spacial score (nSPS) is 19.2. The minimum absolute atomic E-state index is 0.418. The Morgan fingerprint density at radius 2 is 2.00 bits per heavy atom. The standard InChI is InChI=1S/C14H18BrClO/c15-11-6-7-12(13(16)9-11)14(17)8-10-4-2-1-3-5-10/h6-7,9-10,14,17H,1-5,8H2. The van der Waals surface area contributed by atoms with Crippen molar-refractivity contribution in [3.63, 3.8) is 0 Å². The monoisotopic (exact) mass is 316 g/mol. The smallest absolute Gasteiger partial charge is 0.0807 e. The first-order chi connectivity index (χ1) is 8.16. The number of hydrogen-bond donors (Lipinski definition) is 1. The Labute approximate surface area is 116 Å². The van der Waals surface area contributed by atoms with Gasteiger partial charge in [0, 0.05) is 9.50 Å². The van der Waals surface area contributed by atoms with Gasteiger partial charge in [-0.3, -0.25) is 0 Å². The van der Waals surface area contributed by atoms with Crippen molar-refractivity contribution in [1.82, 2.24) is 0 Å². The average molecular weight is 318 g/mol. The van der Waals surface area contributed by atoms with Gasteiger partial charge in [-0.05, 0) is 30.0 Å². The summed E-state index contributed by atoms with van der Waals surface area (Å²) in [5.41, 5.74) is 0.862. The van der Waals surface area contributed by atoms with Crippen LogP contribution in [0.15, 0.2) is 22.7 Å². The summed E-state index contributed by atoms with van der Waals surface area (Å²) in [7, 11) is 0. The Morgan fingerprint density at radius 3 is 2.65 bits per heavy atom. The lowest BCUT2D eigenvalue weighted by Gasteiger charge is -2.24. The number of hydrogen-bond acceptors (Lipinski definition) is 1. The molecule has 1 N–H and O–H groups in total. The van der Waals surface area contributed by atoms with E-state index in [0.717, 1.165) is 16.5 Å². The first-order valence-electron chi connectivity index (χ1n) is 6.30. The van der Waals surface area contributed by atoms with Gasteiger partial charge in [-0.25, -0.2) is 0 Å². The minimum Gasteiger partial charge on any atom is -0.388 e. The van der Waals surface area contributed by atoms with Crippen LogP contribution in [0.1, 0.15) is 50.2 Å². The molecule has 17 heavy (non-hydrogen) atoms. The van der Waals surface area contributed by atoms with E-state index >= 15 is 0 Å². The topological polar surface area (TPSA) is 20.2 Å². The van der Waals surface area contributed by atoms with Crippen LogP contribution in [0, 0.1) is 5.92 Å². The molecule has 1 atom stereocenters. The van der Waals surface area contributed by atoms with Crippen molar-refractivity contribution in [3.8, 4) is 0 Å². The average Bonchev–Trinajstić information content (AvgIpc) is 2.30. The Balaban J connectivity index is 2.00. The van der Waals surface area contributed by atoms with E-state index in [-0.39, 0.29) is 0 Å². The summed E-state index contributed by atoms with van der Waals surface area (Å²) in [6.07, 6.45) is 6.92. The number of aliphatic hydroxyl groups is 1. The van der Waals surface area contributed by atoms with Gasteiger partial charge in [-0.15, -0.1) is 0 Å². The molecular weight excluding hydrogens is 300 g/mol. The molecule has 1 unspecified atom stereocenters. The molecule has 1 fully saturated rings. The molecule has 0 spiro atoms. The molecule has 1 aromatic rings. The van der Waals surface area contributed by atoms with Crippen molar-refractivity contribution < 1.29 is 5.11 Å². The van der Waals surface area contributed by atoms with Gasteiger partial charge in [0.05, 0.1) is 6.10 Å². The first kappa shape index (κ1) is 13.4. The number of halogens is 2. The lowest BCUT2D eigenvalue weighted by atomic mass is 9.84. The fourth-order valence-corrected chi connectivity index (χ4v) is 3.44. The highest BCUT2D eigenvalue weighted by atomic mass is 79.9. The van der Waals surface area contributed by atoms with Crippen LogP contribution in [0.4, 0.5) is 0 Å². The van der Waals surface area contributed by atoms with Gasteiger partial charge in [-0.2, -0.15) is 0 Å². The number of rotatable bonds is 3. The van der Waals surface area contributed by atoms with Gasteiger partial charge in [0.1, 0.15) is 0 Å². The maximum Gasteiger partial charge on any atom is 0.0807 e. The SMILES string of the molecule is OC(CC1CCCCC1)c1ccc(Br)cc1Cl. The fraction of sp³-hybridized carbons (Fsp3) is 0.571. The summed E-state index contributed by atoms with van der Waals surface area (Å²) < 4.78 is 0.955. The van der Waals surface area contributed by atoms with E-state index in [1.54, 1.807) is 0 Å². The Hall–Kier alpha value is -0.0500. The largest absolute Gasteiger partial charge is 0.388 e. The van der Waals surface area contributed by atoms with Crippen molar-refractivity contribution in [1.29, 1.82) is 0 Å². The third kappa shape index (κ3) is 3.70. The third-order valence-electron chi connectivity index (χ3n) is 3.60. The summed E-state index contributed by atoms with van der Waals surface area (Å²) in [5.74, 6) is 0.665. The molecule has 0 radical (unpaired) electrons. The maximum atomic E-state index is 10.2. The van der Waals surface area contributed by atoms with Gasteiger partial charge in [0.2, 0.25) is 0 Å². The molecule has 0 heterocycles. The van der Waals surface area contributed by atoms with Crippen LogP contribution in [0.2, 0.25) is 5.02 Å². The molecule has 94 valence electrons. The molecule has 0 amide bonds. The molecule has 0 saturated heterocycles. The van der Waals surface area contributed by atoms with E-state index in [4.69, 9.17) is 11.6 Å². The maximum absolute atomic E-state index is 10.2. The summed E-state index contributed by atoms with van der Waals surface area (Å²) in [6.45, 7) is 0. The molecule has 0 aliphatic heterocycles. The molecule has 0 aromatic heterocycles. The van der Waals surface area contributed by atoms with Crippen LogP contribution in [-0.4, -0.2) is 5.11 Å². The van der Waals surface area contributed by atoms with Crippen molar-refractivity contribution in [2.75, 3.05) is 0 Å². The Morgan fingerprint density at radius 1 is 1.29 bits per heavy atom. The zero-order chi connectivity index (χ0) is 12.3. The van der Waals surface area contributed by atoms with Crippen molar-refractivity contribution in [3.05, 3.63) is 33.3 Å². The van der Waals surface area contributed by atoms with Gasteiger partial charge in [0.25, 0.3) is 0 Å².